The molecule has 1 heterocycles. The summed E-state index contributed by atoms with van der Waals surface area (Å²) in [6.45, 7) is 1.46. The zero-order valence-electron chi connectivity index (χ0n) is 7.10. The van der Waals surface area contributed by atoms with Gasteiger partial charge in [-0.05, 0) is 38.8 Å². The van der Waals surface area contributed by atoms with Crippen molar-refractivity contribution in [3.63, 3.8) is 0 Å². The Morgan fingerprint density at radius 2 is 2.00 bits per heavy atom. The Kier molecular flexibility index (Phi) is 3.08. The van der Waals surface area contributed by atoms with Crippen molar-refractivity contribution < 1.29 is 9.59 Å². The van der Waals surface area contributed by atoms with Crippen molar-refractivity contribution in [2.75, 3.05) is 0 Å². The molecule has 0 unspecified atom stereocenters. The molecule has 0 bridgehead atoms. The van der Waals surface area contributed by atoms with Crippen LogP contribution in [-0.2, 0) is 7.05 Å². The predicted molar refractivity (Wildman–Crippen MR) is 56.2 cm³/mol. The lowest BCUT2D eigenvalue weighted by atomic mass is 10.2. The second-order valence-electron chi connectivity index (χ2n) is 2.60. The molecule has 1 aromatic rings. The van der Waals surface area contributed by atoms with E-state index in [2.05, 4.69) is 31.9 Å². The zero-order valence-corrected chi connectivity index (χ0v) is 10.3. The molecule has 0 aliphatic rings. The number of rotatable bonds is 2. The van der Waals surface area contributed by atoms with Gasteiger partial charge in [0.2, 0.25) is 0 Å². The van der Waals surface area contributed by atoms with Crippen LogP contribution in [0.5, 0.6) is 0 Å². The zero-order chi connectivity index (χ0) is 10.2. The maximum absolute atomic E-state index is 11.2. The lowest BCUT2D eigenvalue weighted by Crippen LogP contribution is -1.95. The summed E-state index contributed by atoms with van der Waals surface area (Å²) in [7, 11) is 1.71. The molecular formula is C8H7Br2NO2. The number of nitrogens with zero attached hydrogens (tertiary/aromatic N) is 1. The van der Waals surface area contributed by atoms with Gasteiger partial charge in [0.05, 0.1) is 20.3 Å². The number of ketones is 1. The summed E-state index contributed by atoms with van der Waals surface area (Å²) in [6, 6.07) is 0. The number of hydrogen-bond donors (Lipinski definition) is 0. The van der Waals surface area contributed by atoms with Gasteiger partial charge < -0.3 is 4.57 Å². The summed E-state index contributed by atoms with van der Waals surface area (Å²) >= 11 is 6.46. The van der Waals surface area contributed by atoms with Crippen molar-refractivity contribution in [1.82, 2.24) is 4.57 Å². The van der Waals surface area contributed by atoms with Crippen LogP contribution in [0.2, 0.25) is 0 Å². The number of aldehydes is 1. The average molecular weight is 309 g/mol. The molecule has 0 radical (unpaired) electrons. The molecule has 0 spiro atoms. The van der Waals surface area contributed by atoms with Gasteiger partial charge in [-0.2, -0.15) is 0 Å². The molecule has 0 saturated carbocycles. The topological polar surface area (TPSA) is 39.1 Å². The highest BCUT2D eigenvalue weighted by atomic mass is 79.9. The first-order valence-corrected chi connectivity index (χ1v) is 5.09. The smallest absolute Gasteiger partial charge is 0.167 e. The highest BCUT2D eigenvalue weighted by Gasteiger charge is 2.19. The van der Waals surface area contributed by atoms with Gasteiger partial charge in [-0.3, -0.25) is 9.59 Å². The molecule has 13 heavy (non-hydrogen) atoms. The Labute approximate surface area is 92.4 Å². The van der Waals surface area contributed by atoms with Crippen LogP contribution in [0.1, 0.15) is 27.8 Å². The summed E-state index contributed by atoms with van der Waals surface area (Å²) in [4.78, 5) is 21.8. The van der Waals surface area contributed by atoms with E-state index in [1.807, 2.05) is 0 Å². The monoisotopic (exact) mass is 307 g/mol. The first-order chi connectivity index (χ1) is 6.00. The number of carbonyl (C=O) groups is 2. The number of hydrogen-bond acceptors (Lipinski definition) is 2. The van der Waals surface area contributed by atoms with Crippen LogP contribution in [0.4, 0.5) is 0 Å². The molecule has 0 atom stereocenters. The largest absolute Gasteiger partial charge is 0.335 e. The van der Waals surface area contributed by atoms with Crippen molar-refractivity contribution >= 4 is 43.9 Å². The molecule has 1 aromatic heterocycles. The lowest BCUT2D eigenvalue weighted by molar-refractivity contribution is 0.101. The fraction of sp³-hybridized carbons (Fsp3) is 0.250. The van der Waals surface area contributed by atoms with E-state index in [1.54, 1.807) is 11.6 Å². The van der Waals surface area contributed by atoms with Crippen molar-refractivity contribution in [3.8, 4) is 0 Å². The molecule has 3 nitrogen and oxygen atoms in total. The van der Waals surface area contributed by atoms with Gasteiger partial charge in [-0.1, -0.05) is 0 Å². The highest BCUT2D eigenvalue weighted by molar-refractivity contribution is 9.11. The van der Waals surface area contributed by atoms with Crippen LogP contribution in [0, 0.1) is 0 Å². The van der Waals surface area contributed by atoms with Crippen molar-refractivity contribution in [3.05, 3.63) is 20.3 Å². The summed E-state index contributed by atoms with van der Waals surface area (Å²) in [5, 5.41) is 0. The van der Waals surface area contributed by atoms with Gasteiger partial charge in [0, 0.05) is 7.05 Å². The van der Waals surface area contributed by atoms with E-state index in [9.17, 15) is 9.59 Å². The third kappa shape index (κ3) is 1.62. The van der Waals surface area contributed by atoms with Gasteiger partial charge in [-0.15, -0.1) is 0 Å². The molecule has 0 aliphatic carbocycles. The van der Waals surface area contributed by atoms with Crippen LogP contribution >= 0.6 is 31.9 Å². The van der Waals surface area contributed by atoms with E-state index in [-0.39, 0.29) is 5.78 Å². The van der Waals surface area contributed by atoms with Crippen molar-refractivity contribution in [2.45, 2.75) is 6.92 Å². The Morgan fingerprint density at radius 3 is 2.23 bits per heavy atom. The molecule has 70 valence electrons. The van der Waals surface area contributed by atoms with Crippen LogP contribution in [-0.4, -0.2) is 16.6 Å². The van der Waals surface area contributed by atoms with E-state index in [4.69, 9.17) is 0 Å². The Hall–Kier alpha value is -0.420. The van der Waals surface area contributed by atoms with Gasteiger partial charge in [0.25, 0.3) is 0 Å². The molecule has 1 rings (SSSR count). The van der Waals surface area contributed by atoms with Crippen LogP contribution < -0.4 is 0 Å². The van der Waals surface area contributed by atoms with E-state index in [0.717, 1.165) is 0 Å². The summed E-state index contributed by atoms with van der Waals surface area (Å²) < 4.78 is 2.78. The fourth-order valence-corrected chi connectivity index (χ4v) is 2.83. The quantitative estimate of drug-likeness (QED) is 0.622. The number of aromatic nitrogens is 1. The number of carbonyl (C=O) groups excluding carboxylic acids is 2. The molecule has 0 fully saturated rings. The predicted octanol–water partition coefficient (Wildman–Crippen LogP) is 2.57. The minimum Gasteiger partial charge on any atom is -0.335 e. The Bertz CT molecular complexity index is 382. The maximum Gasteiger partial charge on any atom is 0.167 e. The number of Topliss-reactive ketones (excluding diaryl/α,β-unsaturated/α-hetero) is 1. The standard InChI is InChI=1S/C8H7Br2NO2/c1-4(13)6-7(9)5(3-12)11(2)8(6)10/h3H,1-2H3. The summed E-state index contributed by atoms with van der Waals surface area (Å²) in [5.41, 5.74) is 0.960. The molecule has 5 heteroatoms. The summed E-state index contributed by atoms with van der Waals surface area (Å²) in [6.07, 6.45) is 0.710. The van der Waals surface area contributed by atoms with E-state index in [0.29, 0.717) is 26.6 Å². The van der Waals surface area contributed by atoms with Gasteiger partial charge in [0.15, 0.2) is 12.1 Å². The molecule has 0 N–H and O–H groups in total. The lowest BCUT2D eigenvalue weighted by Gasteiger charge is -1.95. The highest BCUT2D eigenvalue weighted by Crippen LogP contribution is 2.30. The van der Waals surface area contributed by atoms with Crippen molar-refractivity contribution in [1.29, 1.82) is 0 Å². The first kappa shape index (κ1) is 10.7. The van der Waals surface area contributed by atoms with Gasteiger partial charge in [0.1, 0.15) is 0 Å². The molecular weight excluding hydrogens is 302 g/mol. The third-order valence-corrected chi connectivity index (χ3v) is 3.50. The fourth-order valence-electron chi connectivity index (χ4n) is 1.07. The van der Waals surface area contributed by atoms with Crippen LogP contribution in [0.25, 0.3) is 0 Å². The van der Waals surface area contributed by atoms with Crippen LogP contribution in [0.15, 0.2) is 9.08 Å². The summed E-state index contributed by atoms with van der Waals surface area (Å²) in [5.74, 6) is -0.0811. The van der Waals surface area contributed by atoms with E-state index >= 15 is 0 Å². The third-order valence-electron chi connectivity index (χ3n) is 1.77. The van der Waals surface area contributed by atoms with Crippen LogP contribution in [0.3, 0.4) is 0 Å². The Balaban J connectivity index is 3.54. The average Bonchev–Trinajstić information content (AvgIpc) is 2.24. The number of halogens is 2. The van der Waals surface area contributed by atoms with Gasteiger partial charge in [-0.25, -0.2) is 0 Å². The molecule has 0 aliphatic heterocycles. The molecule has 0 saturated heterocycles. The molecule has 0 amide bonds. The van der Waals surface area contributed by atoms with Gasteiger partial charge >= 0.3 is 0 Å². The molecule has 0 aromatic carbocycles. The second kappa shape index (κ2) is 3.75. The Morgan fingerprint density at radius 1 is 1.46 bits per heavy atom. The van der Waals surface area contributed by atoms with E-state index in [1.165, 1.54) is 6.92 Å². The maximum atomic E-state index is 11.2. The SMILES string of the molecule is CC(=O)c1c(Br)c(C=O)n(C)c1Br. The second-order valence-corrected chi connectivity index (χ2v) is 4.14. The first-order valence-electron chi connectivity index (χ1n) is 3.50. The van der Waals surface area contributed by atoms with Crippen molar-refractivity contribution in [2.24, 2.45) is 7.05 Å². The van der Waals surface area contributed by atoms with E-state index < -0.39 is 0 Å². The normalized spacial score (nSPS) is 10.2. The minimum absolute atomic E-state index is 0.0811. The minimum atomic E-state index is -0.0811.